The van der Waals surface area contributed by atoms with E-state index in [1.807, 2.05) is 31.2 Å². The fraction of sp³-hybridized carbons (Fsp3) is 0.533. The molecular weight excluding hydrogens is 242 g/mol. The minimum atomic E-state index is -0.979. The van der Waals surface area contributed by atoms with Crippen molar-refractivity contribution in [2.24, 2.45) is 5.92 Å². The Bertz CT molecular complexity index is 418. The molecule has 0 aliphatic heterocycles. The van der Waals surface area contributed by atoms with Crippen LogP contribution in [0.3, 0.4) is 0 Å². The lowest BCUT2D eigenvalue weighted by molar-refractivity contribution is -0.139. The van der Waals surface area contributed by atoms with Crippen molar-refractivity contribution >= 4 is 11.7 Å². The number of hydrogen-bond donors (Lipinski definition) is 3. The predicted octanol–water partition coefficient (Wildman–Crippen LogP) is 2.66. The van der Waals surface area contributed by atoms with Gasteiger partial charge in [0.25, 0.3) is 0 Å². The van der Waals surface area contributed by atoms with E-state index in [1.54, 1.807) is 0 Å². The van der Waals surface area contributed by atoms with Gasteiger partial charge in [-0.3, -0.25) is 4.79 Å². The van der Waals surface area contributed by atoms with Crippen molar-refractivity contribution in [1.82, 2.24) is 0 Å². The molecule has 1 aromatic rings. The Morgan fingerprint density at radius 2 is 1.95 bits per heavy atom. The molecule has 0 bridgehead atoms. The molecule has 4 nitrogen and oxygen atoms in total. The Balaban J connectivity index is 2.79. The molecule has 19 heavy (non-hydrogen) atoms. The van der Waals surface area contributed by atoms with Crippen molar-refractivity contribution < 1.29 is 15.0 Å². The van der Waals surface area contributed by atoms with Gasteiger partial charge in [0.1, 0.15) is 0 Å². The molecule has 0 unspecified atom stereocenters. The van der Waals surface area contributed by atoms with E-state index in [9.17, 15) is 9.90 Å². The molecule has 0 heterocycles. The second-order valence-electron chi connectivity index (χ2n) is 5.36. The summed E-state index contributed by atoms with van der Waals surface area (Å²) in [6.07, 6.45) is -0.404. The number of benzene rings is 1. The quantitative estimate of drug-likeness (QED) is 0.709. The number of carboxylic acid groups (broad SMARTS) is 1. The third-order valence-electron chi connectivity index (χ3n) is 3.06. The lowest BCUT2D eigenvalue weighted by Crippen LogP contribution is -2.36. The fourth-order valence-corrected chi connectivity index (χ4v) is 2.08. The largest absolute Gasteiger partial charge is 0.481 e. The topological polar surface area (TPSA) is 69.6 Å². The lowest BCUT2D eigenvalue weighted by Gasteiger charge is -2.26. The highest BCUT2D eigenvalue weighted by atomic mass is 16.4. The number of para-hydroxylation sites is 1. The number of hydrogen-bond acceptors (Lipinski definition) is 3. The lowest BCUT2D eigenvalue weighted by atomic mass is 9.96. The molecule has 0 spiro atoms. The van der Waals surface area contributed by atoms with Gasteiger partial charge in [0, 0.05) is 5.69 Å². The monoisotopic (exact) mass is 265 g/mol. The Morgan fingerprint density at radius 1 is 1.32 bits per heavy atom. The number of anilines is 1. The van der Waals surface area contributed by atoms with Crippen molar-refractivity contribution in [2.45, 2.75) is 45.8 Å². The number of carbonyl (C=O) groups is 1. The summed E-state index contributed by atoms with van der Waals surface area (Å²) >= 11 is 0. The Kier molecular flexibility index (Phi) is 5.83. The maximum atomic E-state index is 10.7. The van der Waals surface area contributed by atoms with Crippen LogP contribution in [0.5, 0.6) is 0 Å². The van der Waals surface area contributed by atoms with Gasteiger partial charge in [-0.2, -0.15) is 0 Å². The van der Waals surface area contributed by atoms with E-state index in [-0.39, 0.29) is 12.5 Å². The molecule has 0 saturated carbocycles. The van der Waals surface area contributed by atoms with Gasteiger partial charge in [-0.1, -0.05) is 32.0 Å². The van der Waals surface area contributed by atoms with Crippen LogP contribution in [-0.4, -0.2) is 28.3 Å². The van der Waals surface area contributed by atoms with E-state index in [4.69, 9.17) is 5.11 Å². The van der Waals surface area contributed by atoms with Gasteiger partial charge in [-0.05, 0) is 30.9 Å². The van der Waals surface area contributed by atoms with Crippen LogP contribution < -0.4 is 5.32 Å². The van der Waals surface area contributed by atoms with Crippen molar-refractivity contribution in [1.29, 1.82) is 0 Å². The van der Waals surface area contributed by atoms with E-state index in [0.29, 0.717) is 5.92 Å². The number of aryl methyl sites for hydroxylation is 1. The standard InChI is InChI=1S/C15H23NO3/c1-10(2)8-13(14(17)9-15(18)19)16-12-7-5-4-6-11(12)3/h4-7,10,13-14,16-17H,8-9H2,1-3H3,(H,18,19)/t13-,14-/m0/s1. The molecule has 0 amide bonds. The zero-order chi connectivity index (χ0) is 14.4. The highest BCUT2D eigenvalue weighted by Crippen LogP contribution is 2.20. The zero-order valence-electron chi connectivity index (χ0n) is 11.8. The first kappa shape index (κ1) is 15.5. The van der Waals surface area contributed by atoms with Crippen LogP contribution in [0.2, 0.25) is 0 Å². The molecule has 1 rings (SSSR count). The van der Waals surface area contributed by atoms with E-state index in [0.717, 1.165) is 17.7 Å². The number of rotatable bonds is 7. The first-order chi connectivity index (χ1) is 8.90. The van der Waals surface area contributed by atoms with Gasteiger partial charge in [-0.25, -0.2) is 0 Å². The normalized spacial score (nSPS) is 14.2. The van der Waals surface area contributed by atoms with Crippen LogP contribution in [0.15, 0.2) is 24.3 Å². The number of aliphatic hydroxyl groups excluding tert-OH is 1. The molecule has 0 aromatic heterocycles. The molecule has 2 atom stereocenters. The SMILES string of the molecule is Cc1ccccc1N[C@@H](CC(C)C)[C@@H](O)CC(=O)O. The zero-order valence-corrected chi connectivity index (χ0v) is 11.8. The van der Waals surface area contributed by atoms with Gasteiger partial charge in [0.15, 0.2) is 0 Å². The number of aliphatic hydroxyl groups is 1. The molecule has 0 fully saturated rings. The smallest absolute Gasteiger partial charge is 0.306 e. The van der Waals surface area contributed by atoms with Crippen molar-refractivity contribution in [3.63, 3.8) is 0 Å². The van der Waals surface area contributed by atoms with Crippen LogP contribution in [0, 0.1) is 12.8 Å². The highest BCUT2D eigenvalue weighted by molar-refractivity contribution is 5.67. The van der Waals surface area contributed by atoms with Gasteiger partial charge in [0.05, 0.1) is 18.6 Å². The summed E-state index contributed by atoms with van der Waals surface area (Å²) in [7, 11) is 0. The summed E-state index contributed by atoms with van der Waals surface area (Å²) in [4.78, 5) is 10.7. The average Bonchev–Trinajstić information content (AvgIpc) is 2.29. The second-order valence-corrected chi connectivity index (χ2v) is 5.36. The molecule has 3 N–H and O–H groups in total. The van der Waals surface area contributed by atoms with Gasteiger partial charge < -0.3 is 15.5 Å². The van der Waals surface area contributed by atoms with Gasteiger partial charge in [-0.15, -0.1) is 0 Å². The Hall–Kier alpha value is -1.55. The molecular formula is C15H23NO3. The third-order valence-corrected chi connectivity index (χ3v) is 3.06. The molecule has 0 saturated heterocycles. The maximum Gasteiger partial charge on any atom is 0.306 e. The van der Waals surface area contributed by atoms with E-state index in [2.05, 4.69) is 19.2 Å². The van der Waals surface area contributed by atoms with Crippen LogP contribution in [0.1, 0.15) is 32.3 Å². The molecule has 0 radical (unpaired) electrons. The summed E-state index contributed by atoms with van der Waals surface area (Å²) in [6, 6.07) is 7.54. The van der Waals surface area contributed by atoms with Gasteiger partial charge in [0.2, 0.25) is 0 Å². The first-order valence-electron chi connectivity index (χ1n) is 6.62. The van der Waals surface area contributed by atoms with Crippen molar-refractivity contribution in [2.75, 3.05) is 5.32 Å². The van der Waals surface area contributed by atoms with Crippen molar-refractivity contribution in [3.05, 3.63) is 29.8 Å². The number of carboxylic acids is 1. The molecule has 4 heteroatoms. The molecule has 0 aliphatic carbocycles. The summed E-state index contributed by atoms with van der Waals surface area (Å²) in [5, 5.41) is 22.1. The number of aliphatic carboxylic acids is 1. The Labute approximate surface area is 114 Å². The fourth-order valence-electron chi connectivity index (χ4n) is 2.08. The van der Waals surface area contributed by atoms with E-state index >= 15 is 0 Å². The summed E-state index contributed by atoms with van der Waals surface area (Å²) in [5.74, 6) is -0.599. The Morgan fingerprint density at radius 3 is 2.47 bits per heavy atom. The highest BCUT2D eigenvalue weighted by Gasteiger charge is 2.23. The minimum absolute atomic E-state index is 0.240. The summed E-state index contributed by atoms with van der Waals surface area (Å²) in [6.45, 7) is 6.10. The molecule has 106 valence electrons. The maximum absolute atomic E-state index is 10.7. The van der Waals surface area contributed by atoms with E-state index < -0.39 is 12.1 Å². The second kappa shape index (κ2) is 7.14. The van der Waals surface area contributed by atoms with Crippen LogP contribution in [-0.2, 0) is 4.79 Å². The minimum Gasteiger partial charge on any atom is -0.481 e. The average molecular weight is 265 g/mol. The molecule has 1 aromatic carbocycles. The summed E-state index contributed by atoms with van der Waals surface area (Å²) < 4.78 is 0. The van der Waals surface area contributed by atoms with Gasteiger partial charge >= 0.3 is 5.97 Å². The van der Waals surface area contributed by atoms with Crippen molar-refractivity contribution in [3.8, 4) is 0 Å². The van der Waals surface area contributed by atoms with Crippen LogP contribution in [0.25, 0.3) is 0 Å². The first-order valence-corrected chi connectivity index (χ1v) is 6.62. The predicted molar refractivity (Wildman–Crippen MR) is 76.3 cm³/mol. The van der Waals surface area contributed by atoms with Crippen LogP contribution in [0.4, 0.5) is 5.69 Å². The van der Waals surface area contributed by atoms with Crippen LogP contribution >= 0.6 is 0 Å². The summed E-state index contributed by atoms with van der Waals surface area (Å²) in [5.41, 5.74) is 2.02. The number of nitrogens with one attached hydrogen (secondary N) is 1. The van der Waals surface area contributed by atoms with E-state index in [1.165, 1.54) is 0 Å². The third kappa shape index (κ3) is 5.30. The molecule has 0 aliphatic rings.